The normalized spacial score (nSPS) is 12.1. The van der Waals surface area contributed by atoms with Crippen LogP contribution < -0.4 is 4.74 Å². The van der Waals surface area contributed by atoms with Crippen molar-refractivity contribution in [3.8, 4) is 11.6 Å². The Hall–Kier alpha value is -3.24. The molecule has 1 heterocycles. The number of aromatic nitrogens is 1. The molecule has 0 unspecified atom stereocenters. The second-order valence-corrected chi connectivity index (χ2v) is 9.21. The van der Waals surface area contributed by atoms with Crippen molar-refractivity contribution in [3.63, 3.8) is 0 Å². The number of carbonyl (C=O) groups is 1. The highest BCUT2D eigenvalue weighted by atomic mass is 79.9. The molecule has 1 aromatic heterocycles. The molecule has 0 radical (unpaired) electrons. The van der Waals surface area contributed by atoms with E-state index in [9.17, 15) is 9.90 Å². The Bertz CT molecular complexity index is 1230. The molecule has 0 spiro atoms. The van der Waals surface area contributed by atoms with Crippen LogP contribution in [0.15, 0.2) is 62.3 Å². The zero-order valence-electron chi connectivity index (χ0n) is 21.1. The molecule has 3 aromatic rings. The summed E-state index contributed by atoms with van der Waals surface area (Å²) in [5.41, 5.74) is 2.50. The molecule has 0 bridgehead atoms. The number of benzene rings is 2. The molecule has 1 amide bonds. The average Bonchev–Trinajstić information content (AvgIpc) is 3.12. The van der Waals surface area contributed by atoms with Crippen LogP contribution in [0.3, 0.4) is 0 Å². The van der Waals surface area contributed by atoms with E-state index in [1.807, 2.05) is 42.5 Å². The fraction of sp³-hybridized carbons (Fsp3) is 0.385. The molecule has 2 aromatic carbocycles. The molecule has 0 saturated carbocycles. The number of hydrogen-bond acceptors (Lipinski definition) is 7. The van der Waals surface area contributed by atoms with Crippen LogP contribution in [0.1, 0.15) is 39.2 Å². The number of halogens is 1. The lowest BCUT2D eigenvalue weighted by molar-refractivity contribution is -0.122. The summed E-state index contributed by atoms with van der Waals surface area (Å²) in [6.07, 6.45) is 2.01. The number of azo groups is 1. The summed E-state index contributed by atoms with van der Waals surface area (Å²) in [6, 6.07) is 13.0. The number of fused-ring (bicyclic) bond motifs is 1. The molecule has 10 heteroatoms. The van der Waals surface area contributed by atoms with Crippen LogP contribution in [-0.2, 0) is 16.3 Å². The van der Waals surface area contributed by atoms with Crippen molar-refractivity contribution in [3.05, 3.63) is 52.5 Å². The Morgan fingerprint density at radius 1 is 1.11 bits per heavy atom. The van der Waals surface area contributed by atoms with Crippen LogP contribution in [0.25, 0.3) is 10.9 Å². The molecule has 0 aliphatic rings. The minimum absolute atomic E-state index is 0.0360. The van der Waals surface area contributed by atoms with Gasteiger partial charge in [0.25, 0.3) is 0 Å². The van der Waals surface area contributed by atoms with Gasteiger partial charge in [0.05, 0.1) is 25.0 Å². The lowest BCUT2D eigenvalue weighted by atomic mass is 10.1. The van der Waals surface area contributed by atoms with Crippen LogP contribution in [0.2, 0.25) is 0 Å². The summed E-state index contributed by atoms with van der Waals surface area (Å²) in [4.78, 5) is 19.8. The molecule has 192 valence electrons. The maximum absolute atomic E-state index is 12.3. The van der Waals surface area contributed by atoms with Gasteiger partial charge in [-0.15, -0.1) is 10.2 Å². The van der Waals surface area contributed by atoms with Gasteiger partial charge in [-0.1, -0.05) is 34.9 Å². The van der Waals surface area contributed by atoms with E-state index in [1.165, 1.54) is 0 Å². The Kier molecular flexibility index (Phi) is 10.0. The van der Waals surface area contributed by atoms with Crippen LogP contribution in [-0.4, -0.2) is 53.0 Å². The van der Waals surface area contributed by atoms with Crippen molar-refractivity contribution in [2.24, 2.45) is 15.4 Å². The molecule has 36 heavy (non-hydrogen) atoms. The third-order valence-electron chi connectivity index (χ3n) is 5.55. The Labute approximate surface area is 219 Å². The van der Waals surface area contributed by atoms with E-state index in [4.69, 9.17) is 9.57 Å². The quantitative estimate of drug-likeness (QED) is 0.161. The second-order valence-electron chi connectivity index (χ2n) is 8.29. The monoisotopic (exact) mass is 557 g/mol. The Balaban J connectivity index is 1.75. The van der Waals surface area contributed by atoms with E-state index in [2.05, 4.69) is 50.1 Å². The first kappa shape index (κ1) is 27.3. The van der Waals surface area contributed by atoms with Gasteiger partial charge in [-0.05, 0) is 80.9 Å². The van der Waals surface area contributed by atoms with E-state index in [0.29, 0.717) is 17.8 Å². The van der Waals surface area contributed by atoms with Gasteiger partial charge in [-0.25, -0.2) is 0 Å². The number of methoxy groups -OCH3 is 1. The zero-order chi connectivity index (χ0) is 26.1. The van der Waals surface area contributed by atoms with Crippen LogP contribution >= 0.6 is 15.9 Å². The predicted molar refractivity (Wildman–Crippen MR) is 144 cm³/mol. The van der Waals surface area contributed by atoms with Gasteiger partial charge in [0.15, 0.2) is 12.3 Å². The summed E-state index contributed by atoms with van der Waals surface area (Å²) < 4.78 is 7.78. The highest BCUT2D eigenvalue weighted by Gasteiger charge is 2.19. The fourth-order valence-corrected chi connectivity index (χ4v) is 4.19. The zero-order valence-corrected chi connectivity index (χ0v) is 22.7. The summed E-state index contributed by atoms with van der Waals surface area (Å²) in [6.45, 7) is 7.99. The first-order valence-corrected chi connectivity index (χ1v) is 12.7. The fourth-order valence-electron chi connectivity index (χ4n) is 3.83. The maximum atomic E-state index is 12.3. The molecular weight excluding hydrogens is 526 g/mol. The Morgan fingerprint density at radius 3 is 2.44 bits per heavy atom. The largest absolute Gasteiger partial charge is 0.497 e. The van der Waals surface area contributed by atoms with Crippen molar-refractivity contribution in [1.29, 1.82) is 0 Å². The number of nitrogens with zero attached hydrogens (tertiary/aromatic N) is 5. The number of aromatic hydroxyl groups is 1. The van der Waals surface area contributed by atoms with Gasteiger partial charge in [-0.2, -0.15) is 0 Å². The topological polar surface area (TPSA) is 101 Å². The molecule has 3 rings (SSSR count). The first-order chi connectivity index (χ1) is 17.4. The molecule has 0 fully saturated rings. The molecule has 0 aliphatic heterocycles. The standard InChI is InChI=1S/C26H32BrN5O4/c1-5-13-31(14-6-2)17-32-23-12-9-20(27)15-22(23)25(26(32)34)29-28-24(33)16-36-30-18(3)19-7-10-21(35-4)11-8-19/h7-12,15,34H,5-6,13-14,16-17H2,1-4H3/b29-28?,30-18+. The van der Waals surface area contributed by atoms with Crippen molar-refractivity contribution < 1.29 is 19.5 Å². The van der Waals surface area contributed by atoms with E-state index >= 15 is 0 Å². The first-order valence-electron chi connectivity index (χ1n) is 11.9. The van der Waals surface area contributed by atoms with E-state index in [-0.39, 0.29) is 18.2 Å². The van der Waals surface area contributed by atoms with Gasteiger partial charge in [0, 0.05) is 9.86 Å². The summed E-state index contributed by atoms with van der Waals surface area (Å²) >= 11 is 3.47. The smallest absolute Gasteiger partial charge is 0.304 e. The minimum atomic E-state index is -0.616. The predicted octanol–water partition coefficient (Wildman–Crippen LogP) is 6.25. The minimum Gasteiger partial charge on any atom is -0.497 e. The number of carbonyl (C=O) groups excluding carboxylic acids is 1. The van der Waals surface area contributed by atoms with E-state index in [1.54, 1.807) is 18.6 Å². The van der Waals surface area contributed by atoms with Gasteiger partial charge in [0.2, 0.25) is 5.88 Å². The molecule has 1 N–H and O–H groups in total. The van der Waals surface area contributed by atoms with Gasteiger partial charge in [0.1, 0.15) is 5.75 Å². The van der Waals surface area contributed by atoms with Gasteiger partial charge in [-0.3, -0.25) is 14.3 Å². The van der Waals surface area contributed by atoms with Gasteiger partial charge < -0.3 is 14.7 Å². The number of rotatable bonds is 12. The SMILES string of the molecule is CCCN(CCC)Cn1c(O)c(N=NC(=O)CO/N=C(\C)c2ccc(OC)cc2)c2cc(Br)ccc21. The number of ether oxygens (including phenoxy) is 1. The number of oxime groups is 1. The second kappa shape index (κ2) is 13.2. The van der Waals surface area contributed by atoms with E-state index in [0.717, 1.165) is 47.2 Å². The highest BCUT2D eigenvalue weighted by molar-refractivity contribution is 9.10. The number of hydrogen-bond donors (Lipinski definition) is 1. The van der Waals surface area contributed by atoms with Crippen LogP contribution in [0.4, 0.5) is 5.69 Å². The molecule has 0 aliphatic carbocycles. The summed E-state index contributed by atoms with van der Waals surface area (Å²) in [5, 5.41) is 23.5. The van der Waals surface area contributed by atoms with Crippen molar-refractivity contribution >= 4 is 44.1 Å². The summed E-state index contributed by atoms with van der Waals surface area (Å²) in [5.74, 6) is 0.0875. The Morgan fingerprint density at radius 2 is 1.81 bits per heavy atom. The molecule has 9 nitrogen and oxygen atoms in total. The van der Waals surface area contributed by atoms with Crippen LogP contribution in [0.5, 0.6) is 11.6 Å². The molecular formula is C26H32BrN5O4. The van der Waals surface area contributed by atoms with E-state index < -0.39 is 5.91 Å². The van der Waals surface area contributed by atoms with Crippen LogP contribution in [0, 0.1) is 0 Å². The highest BCUT2D eigenvalue weighted by Crippen LogP contribution is 2.40. The molecule has 0 saturated heterocycles. The van der Waals surface area contributed by atoms with Crippen molar-refractivity contribution in [1.82, 2.24) is 9.47 Å². The lowest BCUT2D eigenvalue weighted by Crippen LogP contribution is -2.27. The van der Waals surface area contributed by atoms with Gasteiger partial charge >= 0.3 is 5.91 Å². The lowest BCUT2D eigenvalue weighted by Gasteiger charge is -2.22. The van der Waals surface area contributed by atoms with Crippen molar-refractivity contribution in [2.75, 3.05) is 26.8 Å². The maximum Gasteiger partial charge on any atom is 0.304 e. The third-order valence-corrected chi connectivity index (χ3v) is 6.05. The molecule has 0 atom stereocenters. The third kappa shape index (κ3) is 6.92. The average molecular weight is 558 g/mol. The number of amides is 1. The summed E-state index contributed by atoms with van der Waals surface area (Å²) in [7, 11) is 1.60. The van der Waals surface area contributed by atoms with Crippen molar-refractivity contribution in [2.45, 2.75) is 40.3 Å².